The summed E-state index contributed by atoms with van der Waals surface area (Å²) < 4.78 is 14.1. The molecule has 1 saturated carbocycles. The standard InChI is InChI=1S/C13H20FN3/c1-15-8-11-6-7-16-13(12(11)14)17(2)9-10-4-3-5-10/h6-7,10,15H,3-5,8-9H2,1-2H3. The average molecular weight is 237 g/mol. The minimum atomic E-state index is -0.191. The van der Waals surface area contributed by atoms with E-state index >= 15 is 0 Å². The van der Waals surface area contributed by atoms with Crippen LogP contribution in [-0.4, -0.2) is 25.6 Å². The summed E-state index contributed by atoms with van der Waals surface area (Å²) in [6, 6.07) is 1.73. The molecule has 4 heteroatoms. The highest BCUT2D eigenvalue weighted by Gasteiger charge is 2.21. The average Bonchev–Trinajstić information content (AvgIpc) is 2.26. The van der Waals surface area contributed by atoms with Crippen LogP contribution in [0.1, 0.15) is 24.8 Å². The van der Waals surface area contributed by atoms with E-state index in [9.17, 15) is 4.39 Å². The van der Waals surface area contributed by atoms with Gasteiger partial charge in [-0.1, -0.05) is 6.42 Å². The number of rotatable bonds is 5. The molecule has 0 aromatic carbocycles. The molecule has 2 rings (SSSR count). The van der Waals surface area contributed by atoms with Crippen molar-refractivity contribution in [2.45, 2.75) is 25.8 Å². The van der Waals surface area contributed by atoms with E-state index in [1.54, 1.807) is 12.3 Å². The van der Waals surface area contributed by atoms with E-state index in [4.69, 9.17) is 0 Å². The molecule has 1 N–H and O–H groups in total. The van der Waals surface area contributed by atoms with Gasteiger partial charge in [-0.2, -0.15) is 0 Å². The van der Waals surface area contributed by atoms with Crippen LogP contribution in [0.4, 0.5) is 10.2 Å². The monoisotopic (exact) mass is 237 g/mol. The van der Waals surface area contributed by atoms with E-state index in [0.717, 1.165) is 6.54 Å². The summed E-state index contributed by atoms with van der Waals surface area (Å²) in [5.41, 5.74) is 0.679. The Morgan fingerprint density at radius 2 is 2.29 bits per heavy atom. The molecule has 0 saturated heterocycles. The predicted octanol–water partition coefficient (Wildman–Crippen LogP) is 2.18. The first-order valence-corrected chi connectivity index (χ1v) is 6.21. The quantitative estimate of drug-likeness (QED) is 0.850. The van der Waals surface area contributed by atoms with Crippen molar-refractivity contribution in [3.8, 4) is 0 Å². The maximum absolute atomic E-state index is 14.1. The molecule has 0 unspecified atom stereocenters. The number of aromatic nitrogens is 1. The van der Waals surface area contributed by atoms with Crippen LogP contribution in [0.2, 0.25) is 0 Å². The van der Waals surface area contributed by atoms with Crippen LogP contribution in [-0.2, 0) is 6.54 Å². The molecule has 1 aliphatic carbocycles. The lowest BCUT2D eigenvalue weighted by Gasteiger charge is -2.31. The molecule has 17 heavy (non-hydrogen) atoms. The van der Waals surface area contributed by atoms with Gasteiger partial charge in [0.05, 0.1) is 0 Å². The summed E-state index contributed by atoms with van der Waals surface area (Å²) in [6.07, 6.45) is 5.53. The van der Waals surface area contributed by atoms with Crippen LogP contribution in [0.15, 0.2) is 12.3 Å². The summed E-state index contributed by atoms with van der Waals surface area (Å²) in [4.78, 5) is 6.10. The van der Waals surface area contributed by atoms with E-state index in [1.807, 2.05) is 19.0 Å². The molecule has 0 spiro atoms. The zero-order chi connectivity index (χ0) is 12.3. The fourth-order valence-electron chi connectivity index (χ4n) is 2.21. The summed E-state index contributed by atoms with van der Waals surface area (Å²) in [5, 5.41) is 2.97. The third-order valence-corrected chi connectivity index (χ3v) is 3.44. The van der Waals surface area contributed by atoms with Crippen LogP contribution < -0.4 is 10.2 Å². The van der Waals surface area contributed by atoms with Gasteiger partial charge in [0.2, 0.25) is 0 Å². The second-order valence-electron chi connectivity index (χ2n) is 4.82. The van der Waals surface area contributed by atoms with Gasteiger partial charge in [-0.3, -0.25) is 0 Å². The zero-order valence-electron chi connectivity index (χ0n) is 10.5. The van der Waals surface area contributed by atoms with Crippen LogP contribution >= 0.6 is 0 Å². The van der Waals surface area contributed by atoms with E-state index in [1.165, 1.54) is 19.3 Å². The van der Waals surface area contributed by atoms with Gasteiger partial charge in [0, 0.05) is 31.9 Å². The van der Waals surface area contributed by atoms with Crippen molar-refractivity contribution < 1.29 is 4.39 Å². The van der Waals surface area contributed by atoms with Crippen molar-refractivity contribution >= 4 is 5.82 Å². The van der Waals surface area contributed by atoms with Gasteiger partial charge in [0.15, 0.2) is 11.6 Å². The summed E-state index contributed by atoms with van der Waals surface area (Å²) in [6.45, 7) is 1.45. The van der Waals surface area contributed by atoms with Gasteiger partial charge < -0.3 is 10.2 Å². The van der Waals surface area contributed by atoms with Gasteiger partial charge in [-0.25, -0.2) is 9.37 Å². The molecular weight excluding hydrogens is 217 g/mol. The molecule has 1 heterocycles. The lowest BCUT2D eigenvalue weighted by Crippen LogP contribution is -2.30. The fourth-order valence-corrected chi connectivity index (χ4v) is 2.21. The van der Waals surface area contributed by atoms with Gasteiger partial charge in [-0.15, -0.1) is 0 Å². The first kappa shape index (κ1) is 12.3. The van der Waals surface area contributed by atoms with Gasteiger partial charge in [-0.05, 0) is 31.9 Å². The molecule has 0 aliphatic heterocycles. The van der Waals surface area contributed by atoms with Crippen LogP contribution in [0, 0.1) is 11.7 Å². The summed E-state index contributed by atoms with van der Waals surface area (Å²) >= 11 is 0. The molecule has 94 valence electrons. The van der Waals surface area contributed by atoms with Crippen LogP contribution in [0.3, 0.4) is 0 Å². The van der Waals surface area contributed by atoms with E-state index in [-0.39, 0.29) is 5.82 Å². The molecule has 0 bridgehead atoms. The highest BCUT2D eigenvalue weighted by Crippen LogP contribution is 2.28. The normalized spacial score (nSPS) is 15.7. The van der Waals surface area contributed by atoms with Crippen molar-refractivity contribution in [2.75, 3.05) is 25.5 Å². The first-order chi connectivity index (χ1) is 8.22. The third-order valence-electron chi connectivity index (χ3n) is 3.44. The number of anilines is 1. The third kappa shape index (κ3) is 2.75. The fraction of sp³-hybridized carbons (Fsp3) is 0.615. The topological polar surface area (TPSA) is 28.2 Å². The Morgan fingerprint density at radius 3 is 2.88 bits per heavy atom. The number of halogens is 1. The number of nitrogens with zero attached hydrogens (tertiary/aromatic N) is 2. The number of nitrogens with one attached hydrogen (secondary N) is 1. The van der Waals surface area contributed by atoms with Crippen molar-refractivity contribution in [2.24, 2.45) is 5.92 Å². The molecule has 1 aromatic rings. The van der Waals surface area contributed by atoms with Crippen molar-refractivity contribution in [3.63, 3.8) is 0 Å². The molecule has 3 nitrogen and oxygen atoms in total. The minimum absolute atomic E-state index is 0.191. The zero-order valence-corrected chi connectivity index (χ0v) is 10.5. The first-order valence-electron chi connectivity index (χ1n) is 6.21. The van der Waals surface area contributed by atoms with Crippen LogP contribution in [0.5, 0.6) is 0 Å². The highest BCUT2D eigenvalue weighted by atomic mass is 19.1. The molecule has 1 aromatic heterocycles. The second kappa shape index (κ2) is 5.45. The molecule has 0 radical (unpaired) electrons. The summed E-state index contributed by atoms with van der Waals surface area (Å²) in [7, 11) is 3.74. The lowest BCUT2D eigenvalue weighted by atomic mass is 9.85. The molecule has 1 aliphatic rings. The predicted molar refractivity (Wildman–Crippen MR) is 67.6 cm³/mol. The molecular formula is C13H20FN3. The van der Waals surface area contributed by atoms with Crippen molar-refractivity contribution in [1.29, 1.82) is 0 Å². The maximum atomic E-state index is 14.1. The molecule has 0 atom stereocenters. The van der Waals surface area contributed by atoms with Gasteiger partial charge in [0.1, 0.15) is 0 Å². The smallest absolute Gasteiger partial charge is 0.170 e. The SMILES string of the molecule is CNCc1ccnc(N(C)CC2CCC2)c1F. The van der Waals surface area contributed by atoms with Gasteiger partial charge in [0.25, 0.3) is 0 Å². The number of pyridine rings is 1. The Morgan fingerprint density at radius 1 is 1.53 bits per heavy atom. The Labute approximate surface area is 102 Å². The minimum Gasteiger partial charge on any atom is -0.357 e. The van der Waals surface area contributed by atoms with Crippen LogP contribution in [0.25, 0.3) is 0 Å². The Bertz CT molecular complexity index is 377. The Kier molecular flexibility index (Phi) is 3.94. The Balaban J connectivity index is 2.10. The molecule has 0 amide bonds. The second-order valence-corrected chi connectivity index (χ2v) is 4.82. The lowest BCUT2D eigenvalue weighted by molar-refractivity contribution is 0.320. The van der Waals surface area contributed by atoms with E-state index in [2.05, 4.69) is 10.3 Å². The summed E-state index contributed by atoms with van der Waals surface area (Å²) in [5.74, 6) is 1.00. The number of hydrogen-bond donors (Lipinski definition) is 1. The molecule has 1 fully saturated rings. The largest absolute Gasteiger partial charge is 0.357 e. The van der Waals surface area contributed by atoms with E-state index in [0.29, 0.717) is 23.8 Å². The maximum Gasteiger partial charge on any atom is 0.170 e. The Hall–Kier alpha value is -1.16. The van der Waals surface area contributed by atoms with Gasteiger partial charge >= 0.3 is 0 Å². The number of hydrogen-bond acceptors (Lipinski definition) is 3. The van der Waals surface area contributed by atoms with Crippen molar-refractivity contribution in [3.05, 3.63) is 23.6 Å². The van der Waals surface area contributed by atoms with Crippen molar-refractivity contribution in [1.82, 2.24) is 10.3 Å². The van der Waals surface area contributed by atoms with E-state index < -0.39 is 0 Å². The highest BCUT2D eigenvalue weighted by molar-refractivity contribution is 5.42.